The summed E-state index contributed by atoms with van der Waals surface area (Å²) < 4.78 is 27.4. The molecule has 0 aliphatic carbocycles. The Morgan fingerprint density at radius 3 is 2.33 bits per heavy atom. The monoisotopic (exact) mass is 346 g/mol. The van der Waals surface area contributed by atoms with Crippen molar-refractivity contribution in [1.29, 1.82) is 0 Å². The largest absolute Gasteiger partial charge is 0.288 e. The average Bonchev–Trinajstić information content (AvgIpc) is 2.50. The molecule has 0 amide bonds. The summed E-state index contributed by atoms with van der Waals surface area (Å²) in [6.45, 7) is 0. The maximum Gasteiger partial charge on any atom is 0.196 e. The molecule has 0 N–H and O–H groups in total. The van der Waals surface area contributed by atoms with E-state index < -0.39 is 17.4 Å². The Morgan fingerprint density at radius 2 is 1.57 bits per heavy atom. The molecule has 0 radical (unpaired) electrons. The van der Waals surface area contributed by atoms with Crippen LogP contribution in [0.5, 0.6) is 0 Å². The number of hydrogen-bond donors (Lipinski definition) is 0. The van der Waals surface area contributed by atoms with Gasteiger partial charge in [0.05, 0.1) is 10.0 Å². The van der Waals surface area contributed by atoms with Gasteiger partial charge in [-0.25, -0.2) is 8.78 Å². The summed E-state index contributed by atoms with van der Waals surface area (Å²) in [5.41, 5.74) is 0.0558. The lowest BCUT2D eigenvalue weighted by Crippen LogP contribution is -2.05. The molecule has 0 fully saturated rings. The highest BCUT2D eigenvalue weighted by Gasteiger charge is 2.17. The van der Waals surface area contributed by atoms with Crippen LogP contribution in [0.25, 0.3) is 10.8 Å². The third-order valence-corrected chi connectivity index (χ3v) is 3.87. The molecule has 0 saturated carbocycles. The van der Waals surface area contributed by atoms with Crippen LogP contribution in [-0.4, -0.2) is 5.78 Å². The van der Waals surface area contributed by atoms with Crippen LogP contribution < -0.4 is 0 Å². The van der Waals surface area contributed by atoms with Crippen LogP contribution in [0.2, 0.25) is 0 Å². The van der Waals surface area contributed by atoms with E-state index in [0.717, 1.165) is 22.9 Å². The normalized spacial score (nSPS) is 10.8. The van der Waals surface area contributed by atoms with Gasteiger partial charge in [0.2, 0.25) is 0 Å². The smallest absolute Gasteiger partial charge is 0.196 e. The zero-order valence-electron chi connectivity index (χ0n) is 10.7. The van der Waals surface area contributed by atoms with E-state index in [9.17, 15) is 13.6 Å². The Morgan fingerprint density at radius 1 is 0.857 bits per heavy atom. The minimum absolute atomic E-state index is 0.00457. The summed E-state index contributed by atoms with van der Waals surface area (Å²) >= 11 is 2.89. The van der Waals surface area contributed by atoms with Gasteiger partial charge >= 0.3 is 0 Å². The summed E-state index contributed by atoms with van der Waals surface area (Å²) in [6.07, 6.45) is 0. The van der Waals surface area contributed by atoms with Gasteiger partial charge in [-0.3, -0.25) is 4.79 Å². The third-order valence-electron chi connectivity index (χ3n) is 3.27. The van der Waals surface area contributed by atoms with E-state index >= 15 is 0 Å². The van der Waals surface area contributed by atoms with Crippen molar-refractivity contribution in [3.63, 3.8) is 0 Å². The highest BCUT2D eigenvalue weighted by molar-refractivity contribution is 9.10. The van der Waals surface area contributed by atoms with E-state index in [1.807, 2.05) is 24.3 Å². The number of carbonyl (C=O) groups is 1. The highest BCUT2D eigenvalue weighted by Crippen LogP contribution is 2.23. The van der Waals surface area contributed by atoms with Crippen LogP contribution in [-0.2, 0) is 0 Å². The van der Waals surface area contributed by atoms with Gasteiger partial charge < -0.3 is 0 Å². The van der Waals surface area contributed by atoms with Gasteiger partial charge in [-0.1, -0.05) is 36.4 Å². The second-order valence-corrected chi connectivity index (χ2v) is 5.49. The van der Waals surface area contributed by atoms with Crippen LogP contribution in [0.1, 0.15) is 15.9 Å². The van der Waals surface area contributed by atoms with Crippen molar-refractivity contribution in [3.8, 4) is 0 Å². The molecule has 4 heteroatoms. The lowest BCUT2D eigenvalue weighted by Gasteiger charge is -2.06. The summed E-state index contributed by atoms with van der Waals surface area (Å²) in [5, 5.41) is 1.86. The minimum atomic E-state index is -0.749. The lowest BCUT2D eigenvalue weighted by molar-refractivity contribution is 0.103. The molecule has 1 nitrogen and oxygen atoms in total. The van der Waals surface area contributed by atoms with Crippen molar-refractivity contribution in [2.24, 2.45) is 0 Å². The summed E-state index contributed by atoms with van der Waals surface area (Å²) in [4.78, 5) is 12.4. The van der Waals surface area contributed by atoms with Gasteiger partial charge in [0, 0.05) is 5.56 Å². The minimum Gasteiger partial charge on any atom is -0.288 e. The Bertz CT molecular complexity index is 859. The van der Waals surface area contributed by atoms with E-state index in [-0.39, 0.29) is 10.0 Å². The van der Waals surface area contributed by atoms with E-state index in [1.54, 1.807) is 18.2 Å². The second kappa shape index (κ2) is 5.37. The van der Waals surface area contributed by atoms with Crippen LogP contribution >= 0.6 is 15.9 Å². The van der Waals surface area contributed by atoms with Gasteiger partial charge in [0.25, 0.3) is 0 Å². The number of carbonyl (C=O) groups excluding carboxylic acids is 1. The zero-order valence-corrected chi connectivity index (χ0v) is 12.3. The van der Waals surface area contributed by atoms with Gasteiger partial charge in [0.1, 0.15) is 11.6 Å². The predicted octanol–water partition coefficient (Wildman–Crippen LogP) is 5.11. The first-order valence-corrected chi connectivity index (χ1v) is 7.03. The Balaban J connectivity index is 2.10. The van der Waals surface area contributed by atoms with Crippen LogP contribution in [0.15, 0.2) is 59.1 Å². The molecule has 0 saturated heterocycles. The second-order valence-electron chi connectivity index (χ2n) is 4.64. The van der Waals surface area contributed by atoms with Gasteiger partial charge in [-0.2, -0.15) is 0 Å². The predicted molar refractivity (Wildman–Crippen MR) is 81.4 cm³/mol. The van der Waals surface area contributed by atoms with E-state index in [4.69, 9.17) is 0 Å². The van der Waals surface area contributed by atoms with E-state index in [1.165, 1.54) is 0 Å². The van der Waals surface area contributed by atoms with Crippen molar-refractivity contribution < 1.29 is 13.6 Å². The molecule has 0 aromatic heterocycles. The lowest BCUT2D eigenvalue weighted by atomic mass is 9.99. The average molecular weight is 347 g/mol. The molecule has 3 aromatic carbocycles. The fourth-order valence-corrected chi connectivity index (χ4v) is 2.50. The fraction of sp³-hybridized carbons (Fsp3) is 0. The van der Waals surface area contributed by atoms with E-state index in [0.29, 0.717) is 5.56 Å². The number of rotatable bonds is 2. The Hall–Kier alpha value is -2.07. The molecule has 3 aromatic rings. The third kappa shape index (κ3) is 2.59. The number of benzene rings is 3. The Labute approximate surface area is 128 Å². The van der Waals surface area contributed by atoms with Crippen LogP contribution in [0, 0.1) is 11.6 Å². The molecular formula is C17H9BrF2O. The van der Waals surface area contributed by atoms with Crippen LogP contribution in [0.4, 0.5) is 8.78 Å². The number of fused-ring (bicyclic) bond motifs is 1. The summed E-state index contributed by atoms with van der Waals surface area (Å²) in [6, 6.07) is 14.5. The van der Waals surface area contributed by atoms with Crippen molar-refractivity contribution in [2.75, 3.05) is 0 Å². The molecule has 21 heavy (non-hydrogen) atoms. The molecule has 0 atom stereocenters. The molecule has 0 aliphatic rings. The molecule has 0 spiro atoms. The maximum atomic E-state index is 13.9. The highest BCUT2D eigenvalue weighted by atomic mass is 79.9. The van der Waals surface area contributed by atoms with Gasteiger partial charge in [0.15, 0.2) is 5.78 Å². The summed E-state index contributed by atoms with van der Waals surface area (Å²) in [7, 11) is 0. The van der Waals surface area contributed by atoms with Crippen molar-refractivity contribution in [1.82, 2.24) is 0 Å². The molecule has 0 bridgehead atoms. The first-order valence-electron chi connectivity index (χ1n) is 6.24. The van der Waals surface area contributed by atoms with Crippen LogP contribution in [0.3, 0.4) is 0 Å². The Kier molecular flexibility index (Phi) is 3.55. The maximum absolute atomic E-state index is 13.9. The van der Waals surface area contributed by atoms with Crippen molar-refractivity contribution >= 4 is 32.5 Å². The van der Waals surface area contributed by atoms with Gasteiger partial charge in [-0.05, 0) is 44.9 Å². The molecule has 0 heterocycles. The van der Waals surface area contributed by atoms with E-state index in [2.05, 4.69) is 15.9 Å². The summed E-state index contributed by atoms with van der Waals surface area (Å²) in [5.74, 6) is -1.95. The first kappa shape index (κ1) is 13.9. The topological polar surface area (TPSA) is 17.1 Å². The molecule has 0 unspecified atom stereocenters. The molecule has 3 rings (SSSR count). The fourth-order valence-electron chi connectivity index (χ4n) is 2.18. The number of ketones is 1. The SMILES string of the molecule is O=C(c1ccc2ccccc2c1)c1cc(F)c(Br)cc1F. The number of halogens is 3. The van der Waals surface area contributed by atoms with Gasteiger partial charge in [-0.15, -0.1) is 0 Å². The standard InChI is InChI=1S/C17H9BrF2O/c18-14-9-15(19)13(8-16(14)20)17(21)12-6-5-10-3-1-2-4-11(10)7-12/h1-9H. The molecule has 0 aliphatic heterocycles. The number of hydrogen-bond acceptors (Lipinski definition) is 1. The quantitative estimate of drug-likeness (QED) is 0.465. The first-order chi connectivity index (χ1) is 10.1. The zero-order chi connectivity index (χ0) is 15.0. The van der Waals surface area contributed by atoms with Crippen molar-refractivity contribution in [2.45, 2.75) is 0 Å². The molecule has 104 valence electrons. The van der Waals surface area contributed by atoms with Crippen molar-refractivity contribution in [3.05, 3.63) is 81.8 Å². The molecular weight excluding hydrogens is 338 g/mol.